The average molecular weight is 393 g/mol. The number of likely N-dealkylation sites (N-methyl/N-ethyl adjacent to an activating group) is 1. The number of aliphatic imine (C=N–C) groups is 1. The maximum atomic E-state index is 12.0. The Balaban J connectivity index is 1.49. The van der Waals surface area contributed by atoms with Gasteiger partial charge in [-0.1, -0.05) is 12.2 Å². The van der Waals surface area contributed by atoms with Crippen LogP contribution in [0, 0.1) is 0 Å². The number of hydrogen-bond donors (Lipinski definition) is 1. The summed E-state index contributed by atoms with van der Waals surface area (Å²) in [6, 6.07) is 0.569. The van der Waals surface area contributed by atoms with E-state index in [0.29, 0.717) is 6.04 Å². The molecule has 0 aromatic rings. The number of nitrogens with zero attached hydrogens (tertiary/aromatic N) is 5. The van der Waals surface area contributed by atoms with Crippen molar-refractivity contribution in [3.05, 3.63) is 12.2 Å². The van der Waals surface area contributed by atoms with Crippen LogP contribution in [0.1, 0.15) is 12.8 Å². The molecule has 3 heterocycles. The van der Waals surface area contributed by atoms with Gasteiger partial charge in [-0.2, -0.15) is 0 Å². The van der Waals surface area contributed by atoms with Gasteiger partial charge in [-0.05, 0) is 19.4 Å². The number of carbonyl (C=O) groups excluding carboxylic acids is 1. The topological polar surface area (TPSA) is 63.7 Å². The Morgan fingerprint density at radius 1 is 1.21 bits per heavy atom. The Morgan fingerprint density at radius 2 is 1.96 bits per heavy atom. The molecule has 0 spiro atoms. The normalized spacial score (nSPS) is 24.1. The molecule has 3 aliphatic rings. The summed E-state index contributed by atoms with van der Waals surface area (Å²) in [6.45, 7) is 9.95. The Kier molecular flexibility index (Phi) is 8.12. The number of guanidine groups is 1. The molecule has 2 saturated heterocycles. The number of ether oxygens (including phenoxy) is 1. The molecule has 1 amide bonds. The average Bonchev–Trinajstić information content (AvgIpc) is 3.39. The third-order valence-electron chi connectivity index (χ3n) is 5.73. The largest absolute Gasteiger partial charge is 0.379 e. The molecule has 158 valence electrons. The molecule has 1 atom stereocenters. The van der Waals surface area contributed by atoms with Crippen molar-refractivity contribution in [3.63, 3.8) is 0 Å². The van der Waals surface area contributed by atoms with Gasteiger partial charge in [-0.25, -0.2) is 4.99 Å². The van der Waals surface area contributed by atoms with Crippen LogP contribution in [0.15, 0.2) is 17.1 Å². The van der Waals surface area contributed by atoms with E-state index in [2.05, 4.69) is 37.2 Å². The zero-order valence-corrected chi connectivity index (χ0v) is 17.5. The van der Waals surface area contributed by atoms with Crippen molar-refractivity contribution in [1.29, 1.82) is 0 Å². The summed E-state index contributed by atoms with van der Waals surface area (Å²) in [5.41, 5.74) is 0. The molecule has 3 aliphatic heterocycles. The third kappa shape index (κ3) is 6.18. The lowest BCUT2D eigenvalue weighted by Gasteiger charge is -2.27. The van der Waals surface area contributed by atoms with E-state index in [1.807, 2.05) is 0 Å². The summed E-state index contributed by atoms with van der Waals surface area (Å²) in [7, 11) is 3.55. The van der Waals surface area contributed by atoms with Gasteiger partial charge < -0.3 is 19.9 Å². The fourth-order valence-electron chi connectivity index (χ4n) is 3.90. The van der Waals surface area contributed by atoms with Crippen molar-refractivity contribution in [2.24, 2.45) is 4.99 Å². The van der Waals surface area contributed by atoms with Gasteiger partial charge in [0, 0.05) is 66.0 Å². The summed E-state index contributed by atoms with van der Waals surface area (Å²) in [4.78, 5) is 25.5. The number of carbonyl (C=O) groups is 1. The highest BCUT2D eigenvalue weighted by Crippen LogP contribution is 2.18. The molecule has 0 aromatic carbocycles. The molecule has 0 bridgehead atoms. The van der Waals surface area contributed by atoms with Crippen molar-refractivity contribution >= 4 is 11.9 Å². The molecule has 0 radical (unpaired) electrons. The third-order valence-corrected chi connectivity index (χ3v) is 5.73. The quantitative estimate of drug-likeness (QED) is 0.278. The van der Waals surface area contributed by atoms with Crippen molar-refractivity contribution in [2.45, 2.75) is 18.9 Å². The number of rotatable bonds is 7. The lowest BCUT2D eigenvalue weighted by Crippen LogP contribution is -2.44. The molecule has 1 N–H and O–H groups in total. The maximum absolute atomic E-state index is 12.0. The highest BCUT2D eigenvalue weighted by Gasteiger charge is 2.29. The Labute approximate surface area is 169 Å². The molecular formula is C20H36N6O2. The predicted molar refractivity (Wildman–Crippen MR) is 112 cm³/mol. The van der Waals surface area contributed by atoms with Crippen molar-refractivity contribution in [3.8, 4) is 0 Å². The molecule has 8 heteroatoms. The van der Waals surface area contributed by atoms with Crippen LogP contribution >= 0.6 is 0 Å². The summed E-state index contributed by atoms with van der Waals surface area (Å²) in [5.74, 6) is 0.916. The molecule has 28 heavy (non-hydrogen) atoms. The first kappa shape index (κ1) is 21.1. The molecule has 0 saturated carbocycles. The summed E-state index contributed by atoms with van der Waals surface area (Å²) >= 11 is 0. The second-order valence-electron chi connectivity index (χ2n) is 7.98. The van der Waals surface area contributed by atoms with Gasteiger partial charge in [0.25, 0.3) is 0 Å². The first-order valence-electron chi connectivity index (χ1n) is 10.6. The standard InChI is InChI=1S/C20H36N6O2/c1-23(2)19(27)16-22-20(21-7-5-8-24-12-14-28-15-13-24)26-11-6-18(17-26)25-9-3-4-10-25/h3-4,18H,5-17H2,1-2H3,(H,21,22). The van der Waals surface area contributed by atoms with Crippen LogP contribution < -0.4 is 5.32 Å². The summed E-state index contributed by atoms with van der Waals surface area (Å²) in [6.07, 6.45) is 6.71. The van der Waals surface area contributed by atoms with Crippen molar-refractivity contribution < 1.29 is 9.53 Å². The lowest BCUT2D eigenvalue weighted by atomic mass is 10.2. The Bertz CT molecular complexity index is 551. The van der Waals surface area contributed by atoms with Gasteiger partial charge in [0.05, 0.1) is 13.2 Å². The van der Waals surface area contributed by atoms with Gasteiger partial charge in [0.15, 0.2) is 5.96 Å². The van der Waals surface area contributed by atoms with Gasteiger partial charge in [0.1, 0.15) is 6.54 Å². The minimum atomic E-state index is 0.0344. The molecular weight excluding hydrogens is 356 g/mol. The van der Waals surface area contributed by atoms with E-state index in [4.69, 9.17) is 4.74 Å². The van der Waals surface area contributed by atoms with Crippen LogP contribution in [-0.2, 0) is 9.53 Å². The minimum absolute atomic E-state index is 0.0344. The molecule has 8 nitrogen and oxygen atoms in total. The van der Waals surface area contributed by atoms with E-state index in [9.17, 15) is 4.79 Å². The van der Waals surface area contributed by atoms with Gasteiger partial charge in [0.2, 0.25) is 5.91 Å². The molecule has 0 aliphatic carbocycles. The number of morpholine rings is 1. The van der Waals surface area contributed by atoms with E-state index in [-0.39, 0.29) is 12.5 Å². The highest BCUT2D eigenvalue weighted by molar-refractivity contribution is 5.85. The fourth-order valence-corrected chi connectivity index (χ4v) is 3.90. The zero-order chi connectivity index (χ0) is 19.8. The van der Waals surface area contributed by atoms with Gasteiger partial charge in [-0.3, -0.25) is 14.6 Å². The number of nitrogens with one attached hydrogen (secondary N) is 1. The van der Waals surface area contributed by atoms with E-state index in [1.54, 1.807) is 19.0 Å². The predicted octanol–water partition coefficient (Wildman–Crippen LogP) is -0.311. The monoisotopic (exact) mass is 392 g/mol. The van der Waals surface area contributed by atoms with Crippen LogP contribution in [0.4, 0.5) is 0 Å². The molecule has 0 aromatic heterocycles. The maximum Gasteiger partial charge on any atom is 0.243 e. The molecule has 3 rings (SSSR count). The first-order chi connectivity index (χ1) is 13.6. The van der Waals surface area contributed by atoms with Crippen LogP contribution in [0.2, 0.25) is 0 Å². The van der Waals surface area contributed by atoms with Gasteiger partial charge >= 0.3 is 0 Å². The van der Waals surface area contributed by atoms with Crippen LogP contribution in [0.3, 0.4) is 0 Å². The second-order valence-corrected chi connectivity index (χ2v) is 7.98. The SMILES string of the molecule is CN(C)C(=O)CN=C(NCCCN1CCOCC1)N1CCC(N2CC=CC2)C1. The van der Waals surface area contributed by atoms with Crippen molar-refractivity contribution in [1.82, 2.24) is 24.9 Å². The van der Waals surface area contributed by atoms with E-state index >= 15 is 0 Å². The number of likely N-dealkylation sites (tertiary alicyclic amines) is 1. The number of amides is 1. The first-order valence-corrected chi connectivity index (χ1v) is 10.6. The molecule has 1 unspecified atom stereocenters. The Hall–Kier alpha value is -1.64. The minimum Gasteiger partial charge on any atom is -0.379 e. The van der Waals surface area contributed by atoms with E-state index < -0.39 is 0 Å². The summed E-state index contributed by atoms with van der Waals surface area (Å²) < 4.78 is 5.41. The lowest BCUT2D eigenvalue weighted by molar-refractivity contribution is -0.127. The van der Waals surface area contributed by atoms with Crippen LogP contribution in [0.5, 0.6) is 0 Å². The van der Waals surface area contributed by atoms with Crippen LogP contribution in [0.25, 0.3) is 0 Å². The smallest absolute Gasteiger partial charge is 0.243 e. The molecule has 2 fully saturated rings. The zero-order valence-electron chi connectivity index (χ0n) is 17.5. The fraction of sp³-hybridized carbons (Fsp3) is 0.800. The summed E-state index contributed by atoms with van der Waals surface area (Å²) in [5, 5.41) is 3.52. The van der Waals surface area contributed by atoms with E-state index in [1.165, 1.54) is 0 Å². The Morgan fingerprint density at radius 3 is 2.68 bits per heavy atom. The highest BCUT2D eigenvalue weighted by atomic mass is 16.5. The van der Waals surface area contributed by atoms with E-state index in [0.717, 1.165) is 84.4 Å². The number of hydrogen-bond acceptors (Lipinski definition) is 5. The van der Waals surface area contributed by atoms with Crippen molar-refractivity contribution in [2.75, 3.05) is 86.2 Å². The second kappa shape index (κ2) is 10.8. The van der Waals surface area contributed by atoms with Gasteiger partial charge in [-0.15, -0.1) is 0 Å². The van der Waals surface area contributed by atoms with Crippen LogP contribution in [-0.4, -0.2) is 124 Å².